The van der Waals surface area contributed by atoms with Gasteiger partial charge in [-0.1, -0.05) is 18.5 Å². The monoisotopic (exact) mass is 286 g/mol. The second-order valence-corrected chi connectivity index (χ2v) is 5.31. The van der Waals surface area contributed by atoms with Gasteiger partial charge in [0, 0.05) is 24.2 Å². The molecule has 0 spiro atoms. The molecule has 1 aliphatic heterocycles. The molecule has 0 aliphatic carbocycles. The van der Waals surface area contributed by atoms with Crippen molar-refractivity contribution in [3.05, 3.63) is 29.0 Å². The number of nitrogens with zero attached hydrogens (tertiary/aromatic N) is 1. The van der Waals surface area contributed by atoms with Gasteiger partial charge in [0.05, 0.1) is 5.69 Å². The highest BCUT2D eigenvalue weighted by Gasteiger charge is 2.28. The summed E-state index contributed by atoms with van der Waals surface area (Å²) in [5.41, 5.74) is 0.407. The summed E-state index contributed by atoms with van der Waals surface area (Å²) in [5.74, 6) is -0.264. The highest BCUT2D eigenvalue weighted by Crippen LogP contribution is 2.24. The molecule has 0 radical (unpaired) electrons. The van der Waals surface area contributed by atoms with E-state index < -0.39 is 6.09 Å². The summed E-state index contributed by atoms with van der Waals surface area (Å²) in [6.45, 7) is 2.88. The van der Waals surface area contributed by atoms with Crippen LogP contribution < -0.4 is 5.32 Å². The molecule has 0 saturated carbocycles. The van der Waals surface area contributed by atoms with Crippen LogP contribution in [0.1, 0.15) is 13.3 Å². The first kappa shape index (κ1) is 13.9. The minimum absolute atomic E-state index is 0.0614. The van der Waals surface area contributed by atoms with Crippen LogP contribution in [0, 0.1) is 11.7 Å². The van der Waals surface area contributed by atoms with Gasteiger partial charge in [-0.15, -0.1) is 0 Å². The standard InChI is InChI=1S/C13H16ClFN2O2/c1-8-7-17(13(18)19)5-4-11(8)16-12-3-2-9(14)6-10(12)15/h2-3,6,8,11,16H,4-5,7H2,1H3,(H,18,19)/t8-,11+/m1/s1. The van der Waals surface area contributed by atoms with Gasteiger partial charge in [-0.3, -0.25) is 0 Å². The molecule has 104 valence electrons. The minimum atomic E-state index is -0.900. The van der Waals surface area contributed by atoms with E-state index in [0.29, 0.717) is 30.2 Å². The average Bonchev–Trinajstić information content (AvgIpc) is 2.34. The number of amides is 1. The van der Waals surface area contributed by atoms with E-state index in [0.717, 1.165) is 0 Å². The van der Waals surface area contributed by atoms with Crippen molar-refractivity contribution in [2.45, 2.75) is 19.4 Å². The number of hydrogen-bond donors (Lipinski definition) is 2. The Labute approximate surface area is 116 Å². The topological polar surface area (TPSA) is 52.6 Å². The molecule has 0 bridgehead atoms. The summed E-state index contributed by atoms with van der Waals surface area (Å²) in [7, 11) is 0. The molecule has 2 rings (SSSR count). The van der Waals surface area contributed by atoms with E-state index in [1.165, 1.54) is 11.0 Å². The third-order valence-corrected chi connectivity index (χ3v) is 3.68. The second kappa shape index (κ2) is 5.65. The van der Waals surface area contributed by atoms with Crippen molar-refractivity contribution in [2.75, 3.05) is 18.4 Å². The number of rotatable bonds is 2. The lowest BCUT2D eigenvalue weighted by Crippen LogP contribution is -2.47. The Morgan fingerprint density at radius 1 is 1.58 bits per heavy atom. The molecule has 0 aromatic heterocycles. The molecule has 2 N–H and O–H groups in total. The predicted molar refractivity (Wildman–Crippen MR) is 72.2 cm³/mol. The fourth-order valence-electron chi connectivity index (χ4n) is 2.34. The molecule has 1 fully saturated rings. The Hall–Kier alpha value is -1.49. The van der Waals surface area contributed by atoms with Gasteiger partial charge in [0.2, 0.25) is 0 Å². The number of anilines is 1. The van der Waals surface area contributed by atoms with Gasteiger partial charge in [0.1, 0.15) is 5.82 Å². The number of nitrogens with one attached hydrogen (secondary N) is 1. The fraction of sp³-hybridized carbons (Fsp3) is 0.462. The molecule has 1 aliphatic rings. The Bertz CT molecular complexity index is 484. The molecule has 4 nitrogen and oxygen atoms in total. The van der Waals surface area contributed by atoms with Crippen molar-refractivity contribution in [3.8, 4) is 0 Å². The van der Waals surface area contributed by atoms with Crippen LogP contribution >= 0.6 is 11.6 Å². The second-order valence-electron chi connectivity index (χ2n) is 4.87. The van der Waals surface area contributed by atoms with E-state index in [2.05, 4.69) is 5.32 Å². The zero-order valence-electron chi connectivity index (χ0n) is 10.6. The van der Waals surface area contributed by atoms with Gasteiger partial charge in [-0.25, -0.2) is 9.18 Å². The first-order chi connectivity index (χ1) is 8.97. The number of halogens is 2. The molecule has 2 atom stereocenters. The number of likely N-dealkylation sites (tertiary alicyclic amines) is 1. The lowest BCUT2D eigenvalue weighted by molar-refractivity contribution is 0.119. The maximum Gasteiger partial charge on any atom is 0.407 e. The van der Waals surface area contributed by atoms with E-state index in [-0.39, 0.29) is 17.8 Å². The maximum absolute atomic E-state index is 13.7. The average molecular weight is 287 g/mol. The van der Waals surface area contributed by atoms with E-state index >= 15 is 0 Å². The Kier molecular flexibility index (Phi) is 4.14. The third-order valence-electron chi connectivity index (χ3n) is 3.45. The third kappa shape index (κ3) is 3.29. The zero-order valence-corrected chi connectivity index (χ0v) is 11.3. The van der Waals surface area contributed by atoms with E-state index in [9.17, 15) is 9.18 Å². The Morgan fingerprint density at radius 2 is 2.32 bits per heavy atom. The molecule has 19 heavy (non-hydrogen) atoms. The van der Waals surface area contributed by atoms with Crippen molar-refractivity contribution in [3.63, 3.8) is 0 Å². The van der Waals surface area contributed by atoms with E-state index in [1.807, 2.05) is 6.92 Å². The molecular formula is C13H16ClFN2O2. The summed E-state index contributed by atoms with van der Waals surface area (Å²) >= 11 is 5.70. The van der Waals surface area contributed by atoms with Gasteiger partial charge in [0.15, 0.2) is 0 Å². The SMILES string of the molecule is C[C@@H]1CN(C(=O)O)CC[C@@H]1Nc1ccc(Cl)cc1F. The smallest absolute Gasteiger partial charge is 0.407 e. The molecule has 1 saturated heterocycles. The summed E-state index contributed by atoms with van der Waals surface area (Å²) in [4.78, 5) is 12.3. The van der Waals surface area contributed by atoms with Crippen LogP contribution in [-0.2, 0) is 0 Å². The van der Waals surface area contributed by atoms with Crippen LogP contribution in [0.25, 0.3) is 0 Å². The van der Waals surface area contributed by atoms with Crippen molar-refractivity contribution >= 4 is 23.4 Å². The largest absolute Gasteiger partial charge is 0.465 e. The summed E-state index contributed by atoms with van der Waals surface area (Å²) in [6.07, 6.45) is -0.238. The molecular weight excluding hydrogens is 271 g/mol. The van der Waals surface area contributed by atoms with Crippen molar-refractivity contribution in [2.24, 2.45) is 5.92 Å². The summed E-state index contributed by atoms with van der Waals surface area (Å²) in [5, 5.41) is 12.4. The lowest BCUT2D eigenvalue weighted by atomic mass is 9.94. The quantitative estimate of drug-likeness (QED) is 0.877. The number of carbonyl (C=O) groups is 1. The summed E-state index contributed by atoms with van der Waals surface area (Å²) in [6, 6.07) is 4.56. The minimum Gasteiger partial charge on any atom is -0.465 e. The van der Waals surface area contributed by atoms with Crippen molar-refractivity contribution < 1.29 is 14.3 Å². The first-order valence-corrected chi connectivity index (χ1v) is 6.54. The molecule has 0 unspecified atom stereocenters. The molecule has 1 heterocycles. The van der Waals surface area contributed by atoms with Crippen molar-refractivity contribution in [1.29, 1.82) is 0 Å². The van der Waals surface area contributed by atoms with Gasteiger partial charge in [-0.05, 0) is 30.5 Å². The van der Waals surface area contributed by atoms with Crippen LogP contribution in [0.3, 0.4) is 0 Å². The highest BCUT2D eigenvalue weighted by atomic mass is 35.5. The van der Waals surface area contributed by atoms with Gasteiger partial charge in [0.25, 0.3) is 0 Å². The number of carboxylic acid groups (broad SMARTS) is 1. The number of piperidine rings is 1. The molecule has 1 amide bonds. The highest BCUT2D eigenvalue weighted by molar-refractivity contribution is 6.30. The molecule has 6 heteroatoms. The van der Waals surface area contributed by atoms with E-state index in [4.69, 9.17) is 16.7 Å². The molecule has 1 aromatic carbocycles. The van der Waals surface area contributed by atoms with Gasteiger partial charge in [-0.2, -0.15) is 0 Å². The van der Waals surface area contributed by atoms with Crippen LogP contribution in [-0.4, -0.2) is 35.2 Å². The Balaban J connectivity index is 2.02. The van der Waals surface area contributed by atoms with Gasteiger partial charge < -0.3 is 15.3 Å². The Morgan fingerprint density at radius 3 is 2.89 bits per heavy atom. The summed E-state index contributed by atoms with van der Waals surface area (Å²) < 4.78 is 13.7. The van der Waals surface area contributed by atoms with Crippen molar-refractivity contribution in [1.82, 2.24) is 4.90 Å². The fourth-order valence-corrected chi connectivity index (χ4v) is 2.50. The van der Waals surface area contributed by atoms with Crippen LogP contribution in [0.2, 0.25) is 5.02 Å². The lowest BCUT2D eigenvalue weighted by Gasteiger charge is -2.36. The predicted octanol–water partition coefficient (Wildman–Crippen LogP) is 3.28. The van der Waals surface area contributed by atoms with Crippen LogP contribution in [0.15, 0.2) is 18.2 Å². The zero-order chi connectivity index (χ0) is 14.0. The number of benzene rings is 1. The molecule has 1 aromatic rings. The number of hydrogen-bond acceptors (Lipinski definition) is 2. The maximum atomic E-state index is 13.7. The van der Waals surface area contributed by atoms with Gasteiger partial charge >= 0.3 is 6.09 Å². The van der Waals surface area contributed by atoms with Crippen LogP contribution in [0.4, 0.5) is 14.9 Å². The normalized spacial score (nSPS) is 23.2. The van der Waals surface area contributed by atoms with E-state index in [1.54, 1.807) is 12.1 Å². The first-order valence-electron chi connectivity index (χ1n) is 6.17. The van der Waals surface area contributed by atoms with Crippen LogP contribution in [0.5, 0.6) is 0 Å².